The Morgan fingerprint density at radius 1 is 1.59 bits per heavy atom. The van der Waals surface area contributed by atoms with Gasteiger partial charge in [0.25, 0.3) is 0 Å². The average Bonchev–Trinajstić information content (AvgIpc) is 3.02. The summed E-state index contributed by atoms with van der Waals surface area (Å²) in [6, 6.07) is 2.26. The summed E-state index contributed by atoms with van der Waals surface area (Å²) in [5.41, 5.74) is 5.83. The van der Waals surface area contributed by atoms with Crippen LogP contribution in [0.5, 0.6) is 0 Å². The third kappa shape index (κ3) is 2.23. The molecule has 17 heavy (non-hydrogen) atoms. The topological polar surface area (TPSA) is 96.0 Å². The van der Waals surface area contributed by atoms with Crippen LogP contribution in [0.1, 0.15) is 24.6 Å². The zero-order valence-electron chi connectivity index (χ0n) is 9.36. The summed E-state index contributed by atoms with van der Waals surface area (Å²) in [6.45, 7) is 1.57. The molecule has 0 spiro atoms. The number of nitrogens with one attached hydrogen (secondary N) is 1. The lowest BCUT2D eigenvalue weighted by Gasteiger charge is -2.06. The quantitative estimate of drug-likeness (QED) is 0.866. The van der Waals surface area contributed by atoms with Crippen molar-refractivity contribution in [2.75, 3.05) is 16.8 Å². The van der Waals surface area contributed by atoms with Gasteiger partial charge in [0.15, 0.2) is 9.84 Å². The minimum absolute atomic E-state index is 0.0157. The number of anilines is 2. The Bertz CT molecular complexity index is 579. The van der Waals surface area contributed by atoms with Crippen LogP contribution in [-0.2, 0) is 9.84 Å². The second-order valence-corrected chi connectivity index (χ2v) is 7.17. The number of thiophene rings is 1. The monoisotopic (exact) mass is 271 g/mol. The van der Waals surface area contributed by atoms with Crippen molar-refractivity contribution in [1.82, 2.24) is 0 Å². The number of rotatable bonds is 4. The van der Waals surface area contributed by atoms with Gasteiger partial charge in [0.2, 0.25) is 0 Å². The molecule has 5 nitrogen and oxygen atoms in total. The molecule has 0 aliphatic heterocycles. The number of hydrogen-bond donors (Lipinski definition) is 2. The normalized spacial score (nSPS) is 15.5. The summed E-state index contributed by atoms with van der Waals surface area (Å²) in [5.74, 6) is -0.0157. The summed E-state index contributed by atoms with van der Waals surface area (Å²) in [4.78, 5) is 0.369. The highest BCUT2D eigenvalue weighted by Gasteiger charge is 2.30. The van der Waals surface area contributed by atoms with E-state index in [1.165, 1.54) is 0 Å². The van der Waals surface area contributed by atoms with E-state index in [9.17, 15) is 8.42 Å². The van der Waals surface area contributed by atoms with E-state index >= 15 is 0 Å². The Morgan fingerprint density at radius 2 is 2.24 bits per heavy atom. The van der Waals surface area contributed by atoms with Crippen molar-refractivity contribution in [2.45, 2.75) is 30.7 Å². The van der Waals surface area contributed by atoms with Crippen LogP contribution < -0.4 is 11.1 Å². The first kappa shape index (κ1) is 12.2. The van der Waals surface area contributed by atoms with Gasteiger partial charge in [0.1, 0.15) is 20.8 Å². The van der Waals surface area contributed by atoms with Crippen molar-refractivity contribution in [1.29, 1.82) is 5.26 Å². The number of nitrogens with two attached hydrogens (primary N) is 1. The van der Waals surface area contributed by atoms with Gasteiger partial charge < -0.3 is 11.1 Å². The maximum atomic E-state index is 12.0. The third-order valence-corrected chi connectivity index (χ3v) is 5.58. The molecule has 0 bridgehead atoms. The van der Waals surface area contributed by atoms with Crippen LogP contribution in [0.2, 0.25) is 0 Å². The Hall–Kier alpha value is -1.26. The van der Waals surface area contributed by atoms with Crippen molar-refractivity contribution >= 4 is 31.9 Å². The summed E-state index contributed by atoms with van der Waals surface area (Å²) in [5, 5.41) is 12.5. The van der Waals surface area contributed by atoms with Gasteiger partial charge in [-0.3, -0.25) is 0 Å². The van der Waals surface area contributed by atoms with Gasteiger partial charge in [-0.15, -0.1) is 11.3 Å². The number of sulfone groups is 1. The lowest BCUT2D eigenvalue weighted by atomic mass is 10.4. The molecule has 0 atom stereocenters. The van der Waals surface area contributed by atoms with Crippen molar-refractivity contribution in [2.24, 2.45) is 0 Å². The lowest BCUT2D eigenvalue weighted by Crippen LogP contribution is -2.10. The molecule has 1 aliphatic carbocycles. The molecule has 0 radical (unpaired) electrons. The smallest absolute Gasteiger partial charge is 0.183 e. The fourth-order valence-corrected chi connectivity index (χ4v) is 4.00. The Labute approximate surface area is 104 Å². The second-order valence-electron chi connectivity index (χ2n) is 3.94. The predicted molar refractivity (Wildman–Crippen MR) is 67.8 cm³/mol. The molecule has 92 valence electrons. The SMILES string of the molecule is CCS(=O)(=O)c1c(NC2CC2)sc(C#N)c1N. The van der Waals surface area contributed by atoms with Crippen LogP contribution >= 0.6 is 11.3 Å². The van der Waals surface area contributed by atoms with E-state index in [0.29, 0.717) is 11.0 Å². The summed E-state index contributed by atoms with van der Waals surface area (Å²) < 4.78 is 23.9. The minimum Gasteiger partial charge on any atom is -0.396 e. The van der Waals surface area contributed by atoms with Crippen molar-refractivity contribution in [3.8, 4) is 6.07 Å². The molecule has 1 aromatic heterocycles. The maximum absolute atomic E-state index is 12.0. The van der Waals surface area contributed by atoms with Gasteiger partial charge in [-0.2, -0.15) is 5.26 Å². The zero-order valence-corrected chi connectivity index (χ0v) is 11.0. The summed E-state index contributed by atoms with van der Waals surface area (Å²) in [7, 11) is -3.39. The first-order valence-corrected chi connectivity index (χ1v) is 7.78. The molecule has 7 heteroatoms. The van der Waals surface area contributed by atoms with E-state index in [1.54, 1.807) is 6.92 Å². The minimum atomic E-state index is -3.39. The third-order valence-electron chi connectivity index (χ3n) is 2.60. The summed E-state index contributed by atoms with van der Waals surface area (Å²) in [6.07, 6.45) is 2.07. The van der Waals surface area contributed by atoms with E-state index in [2.05, 4.69) is 5.32 Å². The highest BCUT2D eigenvalue weighted by molar-refractivity contribution is 7.91. The molecule has 2 rings (SSSR count). The number of nitrogen functional groups attached to an aromatic ring is 1. The number of nitriles is 1. The fraction of sp³-hybridized carbons (Fsp3) is 0.500. The molecule has 1 fully saturated rings. The number of hydrogen-bond acceptors (Lipinski definition) is 6. The number of nitrogens with zero attached hydrogens (tertiary/aromatic N) is 1. The predicted octanol–water partition coefficient (Wildman–Crippen LogP) is 1.57. The Balaban J connectivity index is 2.53. The molecule has 3 N–H and O–H groups in total. The molecule has 1 heterocycles. The van der Waals surface area contributed by atoms with Crippen molar-refractivity contribution in [3.63, 3.8) is 0 Å². The molecule has 1 saturated carbocycles. The largest absolute Gasteiger partial charge is 0.396 e. The van der Waals surface area contributed by atoms with Gasteiger partial charge in [-0.05, 0) is 12.8 Å². The lowest BCUT2D eigenvalue weighted by molar-refractivity contribution is 0.598. The molecule has 0 aromatic carbocycles. The van der Waals surface area contributed by atoms with Gasteiger partial charge >= 0.3 is 0 Å². The van der Waals surface area contributed by atoms with Crippen LogP contribution in [0.25, 0.3) is 0 Å². The van der Waals surface area contributed by atoms with Gasteiger partial charge in [0, 0.05) is 6.04 Å². The molecular formula is C10H13N3O2S2. The van der Waals surface area contributed by atoms with Crippen LogP contribution in [0.4, 0.5) is 10.7 Å². The fourth-order valence-electron chi connectivity index (χ4n) is 1.47. The van der Waals surface area contributed by atoms with Crippen LogP contribution in [-0.4, -0.2) is 20.2 Å². The maximum Gasteiger partial charge on any atom is 0.183 e. The van der Waals surface area contributed by atoms with Crippen molar-refractivity contribution in [3.05, 3.63) is 4.88 Å². The van der Waals surface area contributed by atoms with E-state index in [4.69, 9.17) is 11.0 Å². The molecule has 0 saturated heterocycles. The van der Waals surface area contributed by atoms with E-state index < -0.39 is 9.84 Å². The zero-order chi connectivity index (χ0) is 12.6. The molecular weight excluding hydrogens is 258 g/mol. The van der Waals surface area contributed by atoms with E-state index in [1.807, 2.05) is 6.07 Å². The standard InChI is InChI=1S/C10H13N3O2S2/c1-2-17(14,15)9-8(12)7(5-11)16-10(9)13-6-3-4-6/h6,13H,2-4,12H2,1H3. The van der Waals surface area contributed by atoms with Crippen molar-refractivity contribution < 1.29 is 8.42 Å². The second kappa shape index (κ2) is 4.20. The first-order valence-electron chi connectivity index (χ1n) is 5.31. The average molecular weight is 271 g/mol. The highest BCUT2D eigenvalue weighted by Crippen LogP contribution is 2.41. The van der Waals surface area contributed by atoms with E-state index in [0.717, 1.165) is 24.2 Å². The Kier molecular flexibility index (Phi) is 3.02. The van der Waals surface area contributed by atoms with Gasteiger partial charge in [-0.1, -0.05) is 6.92 Å². The van der Waals surface area contributed by atoms with Crippen LogP contribution in [0, 0.1) is 11.3 Å². The Morgan fingerprint density at radius 3 is 2.71 bits per heavy atom. The summed E-state index contributed by atoms with van der Waals surface area (Å²) >= 11 is 1.12. The van der Waals surface area contributed by atoms with Crippen LogP contribution in [0.3, 0.4) is 0 Å². The van der Waals surface area contributed by atoms with Crippen LogP contribution in [0.15, 0.2) is 4.90 Å². The first-order chi connectivity index (χ1) is 7.99. The van der Waals surface area contributed by atoms with Gasteiger partial charge in [0.05, 0.1) is 11.4 Å². The highest BCUT2D eigenvalue weighted by atomic mass is 32.2. The van der Waals surface area contributed by atoms with E-state index in [-0.39, 0.29) is 21.2 Å². The van der Waals surface area contributed by atoms with Gasteiger partial charge in [-0.25, -0.2) is 8.42 Å². The molecule has 0 unspecified atom stereocenters. The molecule has 1 aliphatic rings. The molecule has 1 aromatic rings. The molecule has 0 amide bonds.